The number of anilines is 1. The largest absolute Gasteiger partial charge is 0.493 e. The molecule has 2 unspecified atom stereocenters. The Balaban J connectivity index is 1.45. The molecule has 4 heteroatoms. The number of amides is 1. The van der Waals surface area contributed by atoms with Crippen molar-refractivity contribution in [2.45, 2.75) is 58.3 Å². The number of aryl methyl sites for hydroxylation is 2. The lowest BCUT2D eigenvalue weighted by molar-refractivity contribution is -0.113. The second-order valence-electron chi connectivity index (χ2n) is 10.4. The van der Waals surface area contributed by atoms with E-state index < -0.39 is 0 Å². The van der Waals surface area contributed by atoms with Crippen LogP contribution in [0, 0.1) is 19.8 Å². The fourth-order valence-corrected chi connectivity index (χ4v) is 5.24. The van der Waals surface area contributed by atoms with Crippen LogP contribution in [0.5, 0.6) is 5.75 Å². The Morgan fingerprint density at radius 3 is 2.54 bits per heavy atom. The molecule has 2 aliphatic carbocycles. The van der Waals surface area contributed by atoms with E-state index in [4.69, 9.17) is 4.74 Å². The van der Waals surface area contributed by atoms with Gasteiger partial charge in [0.05, 0.1) is 6.61 Å². The number of rotatable bonds is 8. The Morgan fingerprint density at radius 1 is 1.00 bits per heavy atom. The first-order valence-electron chi connectivity index (χ1n) is 13.1. The average molecular weight is 473 g/mol. The number of hydrogen-bond donors (Lipinski definition) is 1. The summed E-state index contributed by atoms with van der Waals surface area (Å²) in [5.74, 6) is 1.70. The predicted octanol–water partition coefficient (Wildman–Crippen LogP) is 6.80. The van der Waals surface area contributed by atoms with Crippen LogP contribution in [0.4, 0.5) is 5.69 Å². The molecule has 0 bridgehead atoms. The number of fused-ring (bicyclic) bond motifs is 1. The summed E-state index contributed by atoms with van der Waals surface area (Å²) in [6, 6.07) is 14.9. The fraction of sp³-hybridized carbons (Fsp3) is 0.452. The van der Waals surface area contributed by atoms with Gasteiger partial charge < -0.3 is 15.0 Å². The predicted molar refractivity (Wildman–Crippen MR) is 145 cm³/mol. The van der Waals surface area contributed by atoms with Gasteiger partial charge in [-0.25, -0.2) is 0 Å². The minimum absolute atomic E-state index is 0.0503. The van der Waals surface area contributed by atoms with Gasteiger partial charge in [-0.3, -0.25) is 4.79 Å². The number of benzene rings is 2. The first-order valence-corrected chi connectivity index (χ1v) is 13.1. The van der Waals surface area contributed by atoms with Crippen LogP contribution < -0.4 is 10.1 Å². The number of ether oxygens (including phenoxy) is 1. The maximum Gasteiger partial charge on any atom is 0.251 e. The van der Waals surface area contributed by atoms with Crippen molar-refractivity contribution in [1.29, 1.82) is 0 Å². The van der Waals surface area contributed by atoms with E-state index in [1.165, 1.54) is 16.7 Å². The minimum atomic E-state index is 0.0503. The van der Waals surface area contributed by atoms with Crippen LogP contribution in [0.15, 0.2) is 65.8 Å². The molecule has 2 atom stereocenters. The maximum absolute atomic E-state index is 13.4. The number of nitrogens with zero attached hydrogens (tertiary/aromatic N) is 1. The van der Waals surface area contributed by atoms with E-state index in [1.807, 2.05) is 25.1 Å². The zero-order valence-electron chi connectivity index (χ0n) is 21.8. The quantitative estimate of drug-likeness (QED) is 0.339. The summed E-state index contributed by atoms with van der Waals surface area (Å²) in [5.41, 5.74) is 6.88. The summed E-state index contributed by atoms with van der Waals surface area (Å²) < 4.78 is 6.02. The number of carbonyl (C=O) groups excluding carboxylic acids is 1. The van der Waals surface area contributed by atoms with Crippen LogP contribution in [-0.4, -0.2) is 38.1 Å². The third-order valence-electron chi connectivity index (χ3n) is 7.31. The third-order valence-corrected chi connectivity index (χ3v) is 7.31. The smallest absolute Gasteiger partial charge is 0.251 e. The molecule has 186 valence electrons. The minimum Gasteiger partial charge on any atom is -0.493 e. The van der Waals surface area contributed by atoms with Crippen molar-refractivity contribution < 1.29 is 9.53 Å². The third kappa shape index (κ3) is 6.64. The van der Waals surface area contributed by atoms with Gasteiger partial charge in [0.1, 0.15) is 5.75 Å². The molecule has 0 heterocycles. The standard InChI is InChI=1S/C31H40N2O2/c1-22-9-12-24(13-10-22)25-14-15-26-7-5-8-29(28(26)18-16-25)31(34)32-27-17-11-23(2)30(21-27)35-20-6-19-33(3)4/h9-15,17,21,25-26H,5-8,16,18-20H2,1-4H3,(H,32,34). The lowest BCUT2D eigenvalue weighted by Gasteiger charge is -2.25. The van der Waals surface area contributed by atoms with Crippen LogP contribution >= 0.6 is 0 Å². The van der Waals surface area contributed by atoms with Crippen LogP contribution in [0.2, 0.25) is 0 Å². The topological polar surface area (TPSA) is 41.6 Å². The Hall–Kier alpha value is -2.85. The van der Waals surface area contributed by atoms with Crippen LogP contribution in [0.25, 0.3) is 0 Å². The molecule has 1 N–H and O–H groups in total. The SMILES string of the molecule is Cc1ccc(C2C=CC3CCCC(C(=O)Nc4ccc(C)c(OCCCN(C)C)c4)=C3CC2)cc1. The van der Waals surface area contributed by atoms with E-state index in [9.17, 15) is 4.79 Å². The first-order chi connectivity index (χ1) is 16.9. The number of nitrogens with one attached hydrogen (secondary N) is 1. The Morgan fingerprint density at radius 2 is 1.77 bits per heavy atom. The van der Waals surface area contributed by atoms with E-state index in [2.05, 4.69) is 67.7 Å². The lowest BCUT2D eigenvalue weighted by Crippen LogP contribution is -2.21. The molecule has 0 radical (unpaired) electrons. The first kappa shape index (κ1) is 25.2. The highest BCUT2D eigenvalue weighted by Crippen LogP contribution is 2.40. The van der Waals surface area contributed by atoms with Crippen molar-refractivity contribution >= 4 is 11.6 Å². The Bertz CT molecular complexity index is 1080. The number of hydrogen-bond acceptors (Lipinski definition) is 3. The van der Waals surface area contributed by atoms with Gasteiger partial charge in [-0.1, -0.05) is 53.6 Å². The van der Waals surface area contributed by atoms with Crippen molar-refractivity contribution in [3.05, 3.63) is 82.5 Å². The van der Waals surface area contributed by atoms with E-state index in [-0.39, 0.29) is 5.91 Å². The molecule has 0 fully saturated rings. The molecule has 0 saturated heterocycles. The fourth-order valence-electron chi connectivity index (χ4n) is 5.24. The lowest BCUT2D eigenvalue weighted by atomic mass is 9.80. The van der Waals surface area contributed by atoms with Crippen LogP contribution in [0.1, 0.15) is 61.1 Å². The highest BCUT2D eigenvalue weighted by Gasteiger charge is 2.28. The van der Waals surface area contributed by atoms with Gasteiger partial charge in [0.15, 0.2) is 0 Å². The maximum atomic E-state index is 13.4. The highest BCUT2D eigenvalue weighted by molar-refractivity contribution is 6.04. The second kappa shape index (κ2) is 11.7. The Kier molecular flexibility index (Phi) is 8.46. The van der Waals surface area contributed by atoms with Gasteiger partial charge in [-0.15, -0.1) is 0 Å². The average Bonchev–Trinajstić information content (AvgIpc) is 3.07. The zero-order chi connectivity index (χ0) is 24.8. The molecule has 0 aromatic heterocycles. The molecular formula is C31H40N2O2. The summed E-state index contributed by atoms with van der Waals surface area (Å²) >= 11 is 0. The molecule has 2 aliphatic rings. The zero-order valence-corrected chi connectivity index (χ0v) is 21.8. The summed E-state index contributed by atoms with van der Waals surface area (Å²) in [4.78, 5) is 15.6. The molecule has 35 heavy (non-hydrogen) atoms. The van der Waals surface area contributed by atoms with Gasteiger partial charge >= 0.3 is 0 Å². The summed E-state index contributed by atoms with van der Waals surface area (Å²) in [7, 11) is 4.14. The molecule has 1 amide bonds. The molecule has 0 saturated carbocycles. The van der Waals surface area contributed by atoms with Gasteiger partial charge in [0.25, 0.3) is 5.91 Å². The second-order valence-corrected chi connectivity index (χ2v) is 10.4. The van der Waals surface area contributed by atoms with Gasteiger partial charge in [-0.05, 0) is 89.6 Å². The molecule has 0 aliphatic heterocycles. The number of carbonyl (C=O) groups is 1. The molecule has 0 spiro atoms. The van der Waals surface area contributed by atoms with Crippen molar-refractivity contribution in [3.8, 4) is 5.75 Å². The van der Waals surface area contributed by atoms with E-state index >= 15 is 0 Å². The highest BCUT2D eigenvalue weighted by atomic mass is 16.5. The van der Waals surface area contributed by atoms with Crippen molar-refractivity contribution in [3.63, 3.8) is 0 Å². The normalized spacial score (nSPS) is 19.9. The van der Waals surface area contributed by atoms with Crippen molar-refractivity contribution in [2.24, 2.45) is 5.92 Å². The van der Waals surface area contributed by atoms with Crippen LogP contribution in [0.3, 0.4) is 0 Å². The van der Waals surface area contributed by atoms with E-state index in [0.717, 1.165) is 67.6 Å². The summed E-state index contributed by atoms with van der Waals surface area (Å²) in [5, 5.41) is 3.18. The van der Waals surface area contributed by atoms with Crippen molar-refractivity contribution in [2.75, 3.05) is 32.6 Å². The van der Waals surface area contributed by atoms with Gasteiger partial charge in [0, 0.05) is 29.8 Å². The van der Waals surface area contributed by atoms with E-state index in [1.54, 1.807) is 0 Å². The van der Waals surface area contributed by atoms with E-state index in [0.29, 0.717) is 18.4 Å². The van der Waals surface area contributed by atoms with Crippen molar-refractivity contribution in [1.82, 2.24) is 4.90 Å². The van der Waals surface area contributed by atoms with Crippen LogP contribution in [-0.2, 0) is 4.79 Å². The van der Waals surface area contributed by atoms with Gasteiger partial charge in [0.2, 0.25) is 0 Å². The molecule has 2 aromatic carbocycles. The Labute approximate surface area is 211 Å². The monoisotopic (exact) mass is 472 g/mol. The summed E-state index contributed by atoms with van der Waals surface area (Å²) in [6.07, 6.45) is 10.8. The molecule has 4 nitrogen and oxygen atoms in total. The molecule has 4 rings (SSSR count). The molecular weight excluding hydrogens is 432 g/mol. The summed E-state index contributed by atoms with van der Waals surface area (Å²) in [6.45, 7) is 5.84. The van der Waals surface area contributed by atoms with Gasteiger partial charge in [-0.2, -0.15) is 0 Å². The molecule has 2 aromatic rings. The number of allylic oxidation sites excluding steroid dienone is 3.